The zero-order chi connectivity index (χ0) is 21.0. The molecule has 0 saturated heterocycles. The number of hydrogen-bond donors (Lipinski definition) is 2. The van der Waals surface area contributed by atoms with E-state index in [4.69, 9.17) is 0 Å². The molecule has 148 valence electrons. The SMILES string of the molecule is Cc1ccc(C)c(NC(=O)CSC2=C(C#N)[C@H](c3cccc(Br)c3)CC(=O)N2)c1. The van der Waals surface area contributed by atoms with E-state index >= 15 is 0 Å². The Hall–Kier alpha value is -2.56. The highest BCUT2D eigenvalue weighted by Crippen LogP contribution is 2.36. The minimum atomic E-state index is -0.323. The number of carbonyl (C=O) groups is 2. The lowest BCUT2D eigenvalue weighted by Gasteiger charge is -2.25. The predicted octanol–water partition coefficient (Wildman–Crippen LogP) is 4.78. The number of thioether (sulfide) groups is 1. The maximum absolute atomic E-state index is 12.4. The van der Waals surface area contributed by atoms with Crippen LogP contribution in [0.4, 0.5) is 5.69 Å². The fraction of sp³-hybridized carbons (Fsp3) is 0.227. The van der Waals surface area contributed by atoms with Crippen molar-refractivity contribution in [1.29, 1.82) is 5.26 Å². The van der Waals surface area contributed by atoms with E-state index in [1.54, 1.807) is 0 Å². The molecule has 0 saturated carbocycles. The Morgan fingerprint density at radius 2 is 2.10 bits per heavy atom. The van der Waals surface area contributed by atoms with E-state index < -0.39 is 0 Å². The quantitative estimate of drug-likeness (QED) is 0.659. The van der Waals surface area contributed by atoms with Crippen LogP contribution in [0.5, 0.6) is 0 Å². The molecule has 2 aromatic carbocycles. The van der Waals surface area contributed by atoms with Crippen LogP contribution >= 0.6 is 27.7 Å². The molecule has 2 aromatic rings. The van der Waals surface area contributed by atoms with Gasteiger partial charge in [-0.15, -0.1) is 0 Å². The number of hydrogen-bond acceptors (Lipinski definition) is 4. The molecule has 1 aliphatic rings. The van der Waals surface area contributed by atoms with E-state index in [0.29, 0.717) is 10.6 Å². The number of nitriles is 1. The number of carbonyl (C=O) groups excluding carboxylic acids is 2. The monoisotopic (exact) mass is 469 g/mol. The Kier molecular flexibility index (Phi) is 6.78. The highest BCUT2D eigenvalue weighted by Gasteiger charge is 2.30. The molecule has 5 nitrogen and oxygen atoms in total. The molecule has 2 N–H and O–H groups in total. The van der Waals surface area contributed by atoms with Crippen molar-refractivity contribution in [2.45, 2.75) is 26.2 Å². The lowest BCUT2D eigenvalue weighted by Crippen LogP contribution is -2.31. The Bertz CT molecular complexity index is 1040. The normalized spacial score (nSPS) is 16.2. The van der Waals surface area contributed by atoms with Crippen LogP contribution in [0.15, 0.2) is 57.5 Å². The van der Waals surface area contributed by atoms with Crippen LogP contribution < -0.4 is 10.6 Å². The Morgan fingerprint density at radius 3 is 2.83 bits per heavy atom. The summed E-state index contributed by atoms with van der Waals surface area (Å²) in [5.41, 5.74) is 4.18. The van der Waals surface area contributed by atoms with Crippen LogP contribution in [0.1, 0.15) is 29.0 Å². The van der Waals surface area contributed by atoms with Crippen molar-refractivity contribution in [3.63, 3.8) is 0 Å². The van der Waals surface area contributed by atoms with E-state index in [1.807, 2.05) is 56.3 Å². The summed E-state index contributed by atoms with van der Waals surface area (Å²) in [6, 6.07) is 15.7. The van der Waals surface area contributed by atoms with Gasteiger partial charge >= 0.3 is 0 Å². The first kappa shape index (κ1) is 21.2. The summed E-state index contributed by atoms with van der Waals surface area (Å²) in [5.74, 6) is -0.575. The van der Waals surface area contributed by atoms with E-state index in [-0.39, 0.29) is 29.9 Å². The number of allylic oxidation sites excluding steroid dienone is 1. The van der Waals surface area contributed by atoms with Gasteiger partial charge in [-0.25, -0.2) is 0 Å². The molecular formula is C22H20BrN3O2S. The third kappa shape index (κ3) is 5.28. The van der Waals surface area contributed by atoms with Gasteiger partial charge < -0.3 is 10.6 Å². The molecule has 0 bridgehead atoms. The molecule has 3 rings (SSSR count). The number of rotatable bonds is 5. The number of anilines is 1. The molecular weight excluding hydrogens is 450 g/mol. The summed E-state index contributed by atoms with van der Waals surface area (Å²) < 4.78 is 0.889. The van der Waals surface area contributed by atoms with Gasteiger partial charge in [-0.05, 0) is 48.7 Å². The van der Waals surface area contributed by atoms with E-state index in [9.17, 15) is 14.9 Å². The summed E-state index contributed by atoms with van der Waals surface area (Å²) >= 11 is 4.61. The zero-order valence-corrected chi connectivity index (χ0v) is 18.5. The number of aryl methyl sites for hydroxylation is 2. The van der Waals surface area contributed by atoms with Gasteiger partial charge in [-0.2, -0.15) is 5.26 Å². The largest absolute Gasteiger partial charge is 0.325 e. The third-order valence-corrected chi connectivity index (χ3v) is 6.13. The van der Waals surface area contributed by atoms with Crippen LogP contribution in [0, 0.1) is 25.2 Å². The maximum Gasteiger partial charge on any atom is 0.234 e. The third-order valence-electron chi connectivity index (χ3n) is 4.62. The fourth-order valence-corrected chi connectivity index (χ4v) is 4.43. The van der Waals surface area contributed by atoms with Gasteiger partial charge in [0.05, 0.1) is 22.4 Å². The average Bonchev–Trinajstić information content (AvgIpc) is 2.68. The van der Waals surface area contributed by atoms with Crippen molar-refractivity contribution in [1.82, 2.24) is 5.32 Å². The Balaban J connectivity index is 1.77. The van der Waals surface area contributed by atoms with E-state index in [2.05, 4.69) is 32.6 Å². The topological polar surface area (TPSA) is 82.0 Å². The Labute approximate surface area is 182 Å². The van der Waals surface area contributed by atoms with Crippen molar-refractivity contribution in [2.75, 3.05) is 11.1 Å². The summed E-state index contributed by atoms with van der Waals surface area (Å²) in [7, 11) is 0. The van der Waals surface area contributed by atoms with Crippen LogP contribution in [-0.2, 0) is 9.59 Å². The molecule has 2 amide bonds. The van der Waals surface area contributed by atoms with Gasteiger partial charge in [-0.1, -0.05) is 52.0 Å². The van der Waals surface area contributed by atoms with Crippen LogP contribution in [0.25, 0.3) is 0 Å². The molecule has 1 heterocycles. The second kappa shape index (κ2) is 9.29. The molecule has 0 aromatic heterocycles. The first-order chi connectivity index (χ1) is 13.9. The number of nitrogens with zero attached hydrogens (tertiary/aromatic N) is 1. The molecule has 0 radical (unpaired) electrons. The number of nitrogens with one attached hydrogen (secondary N) is 2. The molecule has 7 heteroatoms. The van der Waals surface area contributed by atoms with Gasteiger partial charge in [-0.3, -0.25) is 9.59 Å². The van der Waals surface area contributed by atoms with Crippen molar-refractivity contribution in [2.24, 2.45) is 0 Å². The number of amides is 2. The molecule has 29 heavy (non-hydrogen) atoms. The van der Waals surface area contributed by atoms with Gasteiger partial charge in [0.25, 0.3) is 0 Å². The minimum absolute atomic E-state index is 0.0966. The lowest BCUT2D eigenvalue weighted by atomic mass is 9.87. The summed E-state index contributed by atoms with van der Waals surface area (Å²) in [4.78, 5) is 24.7. The molecule has 1 aliphatic heterocycles. The van der Waals surface area contributed by atoms with Gasteiger partial charge in [0.1, 0.15) is 0 Å². The number of benzene rings is 2. The van der Waals surface area contributed by atoms with E-state index in [1.165, 1.54) is 11.8 Å². The molecule has 0 aliphatic carbocycles. The predicted molar refractivity (Wildman–Crippen MR) is 119 cm³/mol. The second-order valence-corrected chi connectivity index (χ2v) is 8.77. The van der Waals surface area contributed by atoms with Crippen LogP contribution in [0.3, 0.4) is 0 Å². The zero-order valence-electron chi connectivity index (χ0n) is 16.1. The van der Waals surface area contributed by atoms with Gasteiger partial charge in [0.2, 0.25) is 11.8 Å². The standard InChI is InChI=1S/C22H20BrN3O2S/c1-13-6-7-14(2)19(8-13)25-21(28)12-29-22-18(11-24)17(10-20(27)26-22)15-4-3-5-16(23)9-15/h3-9,17H,10,12H2,1-2H3,(H,25,28)(H,26,27)/t17-/m0/s1. The van der Waals surface area contributed by atoms with Gasteiger partial charge in [0, 0.05) is 22.5 Å². The van der Waals surface area contributed by atoms with Crippen molar-refractivity contribution < 1.29 is 9.59 Å². The highest BCUT2D eigenvalue weighted by atomic mass is 79.9. The highest BCUT2D eigenvalue weighted by molar-refractivity contribution is 9.10. The summed E-state index contributed by atoms with van der Waals surface area (Å²) in [6.07, 6.45) is 0.206. The minimum Gasteiger partial charge on any atom is -0.325 e. The fourth-order valence-electron chi connectivity index (χ4n) is 3.14. The van der Waals surface area contributed by atoms with Crippen LogP contribution in [0.2, 0.25) is 0 Å². The smallest absolute Gasteiger partial charge is 0.234 e. The maximum atomic E-state index is 12.4. The molecule has 1 atom stereocenters. The molecule has 0 spiro atoms. The first-order valence-corrected chi connectivity index (χ1v) is 10.8. The van der Waals surface area contributed by atoms with Crippen molar-refractivity contribution >= 4 is 45.2 Å². The van der Waals surface area contributed by atoms with Crippen molar-refractivity contribution in [3.8, 4) is 6.07 Å². The lowest BCUT2D eigenvalue weighted by molar-refractivity contribution is -0.121. The average molecular weight is 470 g/mol. The molecule has 0 fully saturated rings. The number of halogens is 1. The first-order valence-electron chi connectivity index (χ1n) is 9.07. The van der Waals surface area contributed by atoms with Crippen molar-refractivity contribution in [3.05, 3.63) is 74.2 Å². The van der Waals surface area contributed by atoms with Gasteiger partial charge in [0.15, 0.2) is 0 Å². The summed E-state index contributed by atoms with van der Waals surface area (Å²) in [6.45, 7) is 3.90. The van der Waals surface area contributed by atoms with E-state index in [0.717, 1.165) is 26.9 Å². The molecule has 0 unspecified atom stereocenters. The van der Waals surface area contributed by atoms with Crippen LogP contribution in [-0.4, -0.2) is 17.6 Å². The Morgan fingerprint density at radius 1 is 1.31 bits per heavy atom. The summed E-state index contributed by atoms with van der Waals surface area (Å²) in [5, 5.41) is 15.8. The second-order valence-electron chi connectivity index (χ2n) is 6.87.